The van der Waals surface area contributed by atoms with E-state index >= 15 is 0 Å². The molecule has 0 bridgehead atoms. The van der Waals surface area contributed by atoms with E-state index in [0.717, 1.165) is 33.4 Å². The molecular weight excluding hydrogens is 508 g/mol. The summed E-state index contributed by atoms with van der Waals surface area (Å²) in [5, 5.41) is 10.8. The van der Waals surface area contributed by atoms with Crippen LogP contribution in [0, 0.1) is 6.92 Å². The Labute approximate surface area is 244 Å². The lowest BCUT2D eigenvalue weighted by Gasteiger charge is -2.19. The highest BCUT2D eigenvalue weighted by Crippen LogP contribution is 2.46. The van der Waals surface area contributed by atoms with Gasteiger partial charge in [0.2, 0.25) is 0 Å². The highest BCUT2D eigenvalue weighted by molar-refractivity contribution is 6.22. The number of aryl methyl sites for hydroxylation is 1. The fourth-order valence-corrected chi connectivity index (χ4v) is 6.71. The highest BCUT2D eigenvalue weighted by Gasteiger charge is 2.23. The minimum absolute atomic E-state index is 0.883. The van der Waals surface area contributed by atoms with Gasteiger partial charge in [0, 0.05) is 22.1 Å². The first-order valence-electron chi connectivity index (χ1n) is 14.4. The van der Waals surface area contributed by atoms with E-state index in [1.807, 2.05) is 6.08 Å². The molecule has 0 aliphatic carbocycles. The SMILES string of the molecule is C=C/C=C(\c1oc2cc3ccccc3cc2c1C)c1c2ccccc2c(-c2cccc3ccccc23)c2ccccc12. The zero-order chi connectivity index (χ0) is 28.2. The summed E-state index contributed by atoms with van der Waals surface area (Å²) in [7, 11) is 0. The molecule has 0 fully saturated rings. The van der Waals surface area contributed by atoms with E-state index in [1.165, 1.54) is 54.2 Å². The average Bonchev–Trinajstić information content (AvgIpc) is 3.36. The van der Waals surface area contributed by atoms with Crippen LogP contribution in [0.15, 0.2) is 151 Å². The third-order valence-corrected chi connectivity index (χ3v) is 8.59. The molecule has 1 heteroatoms. The number of fused-ring (bicyclic) bond motifs is 5. The highest BCUT2D eigenvalue weighted by atomic mass is 16.3. The van der Waals surface area contributed by atoms with Gasteiger partial charge in [-0.05, 0) is 73.3 Å². The van der Waals surface area contributed by atoms with Crippen molar-refractivity contribution in [3.63, 3.8) is 0 Å². The van der Waals surface area contributed by atoms with E-state index in [1.54, 1.807) is 0 Å². The van der Waals surface area contributed by atoms with Crippen molar-refractivity contribution in [2.24, 2.45) is 0 Å². The maximum absolute atomic E-state index is 6.73. The Morgan fingerprint density at radius 1 is 0.571 bits per heavy atom. The van der Waals surface area contributed by atoms with Crippen molar-refractivity contribution in [2.45, 2.75) is 6.92 Å². The van der Waals surface area contributed by atoms with Gasteiger partial charge in [-0.15, -0.1) is 0 Å². The van der Waals surface area contributed by atoms with Crippen LogP contribution < -0.4 is 0 Å². The lowest BCUT2D eigenvalue weighted by Crippen LogP contribution is -1.96. The molecule has 0 saturated heterocycles. The van der Waals surface area contributed by atoms with E-state index < -0.39 is 0 Å². The van der Waals surface area contributed by atoms with E-state index in [2.05, 4.69) is 147 Å². The maximum Gasteiger partial charge on any atom is 0.138 e. The Hall–Kier alpha value is -5.40. The summed E-state index contributed by atoms with van der Waals surface area (Å²) in [6.07, 6.45) is 3.98. The van der Waals surface area contributed by atoms with E-state index in [9.17, 15) is 0 Å². The Morgan fingerprint density at radius 3 is 1.79 bits per heavy atom. The second-order valence-electron chi connectivity index (χ2n) is 10.9. The average molecular weight is 537 g/mol. The van der Waals surface area contributed by atoms with Crippen LogP contribution in [-0.2, 0) is 0 Å². The first-order chi connectivity index (χ1) is 20.7. The van der Waals surface area contributed by atoms with Gasteiger partial charge in [-0.3, -0.25) is 0 Å². The third kappa shape index (κ3) is 3.64. The number of furan rings is 1. The molecule has 0 aliphatic heterocycles. The number of benzene rings is 7. The standard InChI is InChI=1S/C41H28O/c1-3-13-36(41-26(2)37-24-28-15-4-5-16-29(28)25-38(37)42-41)40-34-21-10-8-19-32(34)39(33-20-9-11-22-35(33)40)31-23-12-17-27-14-6-7-18-30(27)31/h3-25H,1H2,2H3/b36-13-. The molecule has 198 valence electrons. The van der Waals surface area contributed by atoms with Gasteiger partial charge >= 0.3 is 0 Å². The van der Waals surface area contributed by atoms with Crippen LogP contribution in [0.4, 0.5) is 0 Å². The summed E-state index contributed by atoms with van der Waals surface area (Å²) >= 11 is 0. The second-order valence-corrected chi connectivity index (χ2v) is 10.9. The molecule has 0 amide bonds. The second kappa shape index (κ2) is 9.61. The largest absolute Gasteiger partial charge is 0.456 e. The molecule has 1 aromatic heterocycles. The van der Waals surface area contributed by atoms with Crippen LogP contribution in [-0.4, -0.2) is 0 Å². The molecular formula is C41H28O. The molecule has 0 aliphatic rings. The lowest BCUT2D eigenvalue weighted by atomic mass is 9.83. The van der Waals surface area contributed by atoms with Crippen LogP contribution in [0.1, 0.15) is 16.9 Å². The third-order valence-electron chi connectivity index (χ3n) is 8.59. The Bertz CT molecular complexity index is 2320. The first kappa shape index (κ1) is 24.4. The summed E-state index contributed by atoms with van der Waals surface area (Å²) in [6, 6.07) is 45.7. The molecule has 42 heavy (non-hydrogen) atoms. The maximum atomic E-state index is 6.73. The van der Waals surface area contributed by atoms with Crippen LogP contribution >= 0.6 is 0 Å². The molecule has 1 nitrogen and oxygen atoms in total. The lowest BCUT2D eigenvalue weighted by molar-refractivity contribution is 0.598. The van der Waals surface area contributed by atoms with Crippen molar-refractivity contribution in [1.29, 1.82) is 0 Å². The monoisotopic (exact) mass is 536 g/mol. The summed E-state index contributed by atoms with van der Waals surface area (Å²) in [5.74, 6) is 0.883. The molecule has 0 atom stereocenters. The fraction of sp³-hybridized carbons (Fsp3) is 0.0244. The van der Waals surface area contributed by atoms with Crippen molar-refractivity contribution < 1.29 is 4.42 Å². The van der Waals surface area contributed by atoms with Crippen LogP contribution in [0.25, 0.3) is 70.8 Å². The van der Waals surface area contributed by atoms with Gasteiger partial charge in [-0.1, -0.05) is 134 Å². The predicted octanol–water partition coefficient (Wildman–Crippen LogP) is 11.6. The number of hydrogen-bond acceptors (Lipinski definition) is 1. The Kier molecular flexibility index (Phi) is 5.58. The topological polar surface area (TPSA) is 13.1 Å². The summed E-state index contributed by atoms with van der Waals surface area (Å²) in [5.41, 5.74) is 6.74. The smallest absolute Gasteiger partial charge is 0.138 e. The van der Waals surface area contributed by atoms with E-state index in [4.69, 9.17) is 4.42 Å². The van der Waals surface area contributed by atoms with Gasteiger partial charge in [0.15, 0.2) is 0 Å². The minimum atomic E-state index is 0.883. The zero-order valence-electron chi connectivity index (χ0n) is 23.4. The van der Waals surface area contributed by atoms with Gasteiger partial charge in [0.25, 0.3) is 0 Å². The van der Waals surface area contributed by atoms with Gasteiger partial charge in [-0.2, -0.15) is 0 Å². The molecule has 0 unspecified atom stereocenters. The fourth-order valence-electron chi connectivity index (χ4n) is 6.71. The predicted molar refractivity (Wildman–Crippen MR) is 180 cm³/mol. The van der Waals surface area contributed by atoms with Crippen LogP contribution in [0.3, 0.4) is 0 Å². The quantitative estimate of drug-likeness (QED) is 0.161. The normalized spacial score (nSPS) is 12.2. The van der Waals surface area contributed by atoms with Crippen LogP contribution in [0.2, 0.25) is 0 Å². The Balaban J connectivity index is 1.49. The molecule has 8 aromatic rings. The van der Waals surface area contributed by atoms with E-state index in [-0.39, 0.29) is 0 Å². The first-order valence-corrected chi connectivity index (χ1v) is 14.4. The van der Waals surface area contributed by atoms with Gasteiger partial charge in [-0.25, -0.2) is 0 Å². The van der Waals surface area contributed by atoms with Gasteiger partial charge < -0.3 is 4.42 Å². The number of rotatable bonds is 4. The minimum Gasteiger partial charge on any atom is -0.456 e. The molecule has 0 spiro atoms. The molecule has 0 radical (unpaired) electrons. The summed E-state index contributed by atoms with van der Waals surface area (Å²) < 4.78 is 6.73. The van der Waals surface area contributed by atoms with Crippen molar-refractivity contribution in [3.8, 4) is 11.1 Å². The molecule has 0 N–H and O–H groups in total. The number of allylic oxidation sites excluding steroid dienone is 2. The molecule has 8 rings (SSSR count). The van der Waals surface area contributed by atoms with Gasteiger partial charge in [0.1, 0.15) is 11.3 Å². The van der Waals surface area contributed by atoms with Crippen molar-refractivity contribution in [2.75, 3.05) is 0 Å². The number of hydrogen-bond donors (Lipinski definition) is 0. The molecule has 7 aromatic carbocycles. The van der Waals surface area contributed by atoms with E-state index in [0.29, 0.717) is 0 Å². The Morgan fingerprint density at radius 2 is 1.12 bits per heavy atom. The molecule has 1 heterocycles. The molecule has 0 saturated carbocycles. The van der Waals surface area contributed by atoms with Crippen LogP contribution in [0.5, 0.6) is 0 Å². The summed E-state index contributed by atoms with van der Waals surface area (Å²) in [4.78, 5) is 0. The van der Waals surface area contributed by atoms with Gasteiger partial charge in [0.05, 0.1) is 0 Å². The van der Waals surface area contributed by atoms with Crippen molar-refractivity contribution in [3.05, 3.63) is 163 Å². The zero-order valence-corrected chi connectivity index (χ0v) is 23.4. The summed E-state index contributed by atoms with van der Waals surface area (Å²) in [6.45, 7) is 6.29. The van der Waals surface area contributed by atoms with Crippen molar-refractivity contribution in [1.82, 2.24) is 0 Å². The van der Waals surface area contributed by atoms with Crippen molar-refractivity contribution >= 4 is 59.6 Å².